The van der Waals surface area contributed by atoms with E-state index in [-0.39, 0.29) is 17.9 Å². The van der Waals surface area contributed by atoms with Crippen molar-refractivity contribution < 1.29 is 19.2 Å². The fourth-order valence-corrected chi connectivity index (χ4v) is 3.97. The number of carbonyl (C=O) groups is 1. The van der Waals surface area contributed by atoms with Crippen molar-refractivity contribution in [2.24, 2.45) is 0 Å². The second-order valence-electron chi connectivity index (χ2n) is 7.61. The summed E-state index contributed by atoms with van der Waals surface area (Å²) in [7, 11) is 0. The predicted octanol–water partition coefficient (Wildman–Crippen LogP) is 6.44. The number of nitrogens with zero attached hydrogens (tertiary/aromatic N) is 2. The molecule has 0 spiro atoms. The van der Waals surface area contributed by atoms with Crippen LogP contribution in [0.5, 0.6) is 11.5 Å². The molecule has 184 valence electrons. The molecule has 3 rings (SSSR count). The molecule has 0 aliphatic rings. The zero-order chi connectivity index (χ0) is 26.1. The molecule has 0 bridgehead atoms. The summed E-state index contributed by atoms with van der Waals surface area (Å²) in [5, 5.41) is 23.3. The molecule has 1 amide bonds. The van der Waals surface area contributed by atoms with Crippen LogP contribution in [0, 0.1) is 21.4 Å². The molecule has 9 heteroatoms. The highest BCUT2D eigenvalue weighted by Crippen LogP contribution is 2.38. The van der Waals surface area contributed by atoms with Crippen LogP contribution in [0.3, 0.4) is 0 Å². The largest absolute Gasteiger partial charge is 0.490 e. The first-order valence-corrected chi connectivity index (χ1v) is 12.0. The first-order valence-electron chi connectivity index (χ1n) is 11.2. The maximum atomic E-state index is 12.8. The lowest BCUT2D eigenvalue weighted by Crippen LogP contribution is -2.14. The maximum Gasteiger partial charge on any atom is 0.269 e. The van der Waals surface area contributed by atoms with Crippen LogP contribution in [-0.2, 0) is 17.8 Å². The summed E-state index contributed by atoms with van der Waals surface area (Å²) in [6, 6.07) is 18.9. The molecule has 0 aliphatic heterocycles. The number of non-ortho nitro benzene ring substituents is 1. The Morgan fingerprint density at radius 1 is 1.14 bits per heavy atom. The number of nitriles is 1. The van der Waals surface area contributed by atoms with Gasteiger partial charge >= 0.3 is 0 Å². The highest BCUT2D eigenvalue weighted by Gasteiger charge is 2.16. The van der Waals surface area contributed by atoms with Crippen molar-refractivity contribution >= 4 is 39.3 Å². The Balaban J connectivity index is 1.83. The molecule has 3 aromatic rings. The Morgan fingerprint density at radius 3 is 2.50 bits per heavy atom. The highest BCUT2D eigenvalue weighted by molar-refractivity contribution is 9.10. The number of ether oxygens (including phenoxy) is 2. The topological polar surface area (TPSA) is 114 Å². The monoisotopic (exact) mass is 549 g/mol. The molecule has 3 aromatic carbocycles. The van der Waals surface area contributed by atoms with Crippen LogP contribution in [0.2, 0.25) is 0 Å². The van der Waals surface area contributed by atoms with Gasteiger partial charge in [0.25, 0.3) is 11.6 Å². The Morgan fingerprint density at radius 2 is 1.86 bits per heavy atom. The zero-order valence-electron chi connectivity index (χ0n) is 19.8. The summed E-state index contributed by atoms with van der Waals surface area (Å²) in [6.07, 6.45) is 2.23. The number of para-hydroxylation sites is 1. The number of rotatable bonds is 10. The average molecular weight is 550 g/mol. The van der Waals surface area contributed by atoms with Gasteiger partial charge in [0, 0.05) is 17.8 Å². The van der Waals surface area contributed by atoms with E-state index in [1.165, 1.54) is 18.2 Å². The minimum Gasteiger partial charge on any atom is -0.490 e. The number of carbonyl (C=O) groups excluding carboxylic acids is 1. The van der Waals surface area contributed by atoms with Crippen molar-refractivity contribution in [3.8, 4) is 17.6 Å². The van der Waals surface area contributed by atoms with Crippen LogP contribution in [-0.4, -0.2) is 17.4 Å². The van der Waals surface area contributed by atoms with Gasteiger partial charge in [0.2, 0.25) is 0 Å². The first kappa shape index (κ1) is 26.4. The standard InChI is InChI=1S/C27H24BrN3O5/c1-3-20-7-5-6-8-24(20)30-27(32)21(16-29)13-19-14-23(28)26(25(15-19)35-4-2)36-17-18-9-11-22(12-10-18)31(33)34/h5-15H,3-4,17H2,1-2H3,(H,30,32)/b21-13+. The fraction of sp³-hybridized carbons (Fsp3) is 0.185. The van der Waals surface area contributed by atoms with Crippen LogP contribution < -0.4 is 14.8 Å². The number of hydrogen-bond acceptors (Lipinski definition) is 6. The smallest absolute Gasteiger partial charge is 0.269 e. The van der Waals surface area contributed by atoms with Crippen LogP contribution in [0.15, 0.2) is 70.7 Å². The summed E-state index contributed by atoms with van der Waals surface area (Å²) < 4.78 is 12.2. The van der Waals surface area contributed by atoms with Gasteiger partial charge in [0.1, 0.15) is 18.2 Å². The number of benzene rings is 3. The van der Waals surface area contributed by atoms with Gasteiger partial charge in [-0.25, -0.2) is 0 Å². The number of halogens is 1. The molecule has 1 N–H and O–H groups in total. The lowest BCUT2D eigenvalue weighted by molar-refractivity contribution is -0.384. The van der Waals surface area contributed by atoms with Gasteiger partial charge in [0.05, 0.1) is 16.0 Å². The maximum absolute atomic E-state index is 12.8. The normalized spacial score (nSPS) is 10.9. The number of amides is 1. The minimum atomic E-state index is -0.508. The molecule has 0 saturated carbocycles. The molecule has 0 atom stereocenters. The third-order valence-electron chi connectivity index (χ3n) is 5.18. The van der Waals surface area contributed by atoms with E-state index in [9.17, 15) is 20.2 Å². The highest BCUT2D eigenvalue weighted by atomic mass is 79.9. The first-order chi connectivity index (χ1) is 17.4. The molecule has 0 aliphatic carbocycles. The van der Waals surface area contributed by atoms with Crippen molar-refractivity contribution in [1.82, 2.24) is 0 Å². The quantitative estimate of drug-likeness (QED) is 0.134. The van der Waals surface area contributed by atoms with E-state index in [4.69, 9.17) is 9.47 Å². The lowest BCUT2D eigenvalue weighted by Gasteiger charge is -2.15. The van der Waals surface area contributed by atoms with Crippen LogP contribution in [0.25, 0.3) is 6.08 Å². The Labute approximate surface area is 217 Å². The molecule has 0 aromatic heterocycles. The van der Waals surface area contributed by atoms with Gasteiger partial charge in [-0.3, -0.25) is 14.9 Å². The van der Waals surface area contributed by atoms with Gasteiger partial charge in [-0.15, -0.1) is 0 Å². The second-order valence-corrected chi connectivity index (χ2v) is 8.46. The van der Waals surface area contributed by atoms with Crippen LogP contribution in [0.1, 0.15) is 30.5 Å². The summed E-state index contributed by atoms with van der Waals surface area (Å²) in [5.74, 6) is 0.354. The van der Waals surface area contributed by atoms with Crippen LogP contribution in [0.4, 0.5) is 11.4 Å². The molecule has 0 unspecified atom stereocenters. The van der Waals surface area contributed by atoms with E-state index in [0.29, 0.717) is 33.8 Å². The van der Waals surface area contributed by atoms with E-state index >= 15 is 0 Å². The van der Waals surface area contributed by atoms with E-state index < -0.39 is 10.8 Å². The zero-order valence-corrected chi connectivity index (χ0v) is 21.4. The molecule has 0 heterocycles. The van der Waals surface area contributed by atoms with Crippen molar-refractivity contribution in [3.05, 3.63) is 97.5 Å². The molecule has 0 saturated heterocycles. The van der Waals surface area contributed by atoms with Crippen molar-refractivity contribution in [2.45, 2.75) is 26.9 Å². The summed E-state index contributed by atoms with van der Waals surface area (Å²) in [4.78, 5) is 23.2. The van der Waals surface area contributed by atoms with E-state index in [2.05, 4.69) is 21.2 Å². The fourth-order valence-electron chi connectivity index (χ4n) is 3.40. The Bertz CT molecular complexity index is 1330. The number of aryl methyl sites for hydroxylation is 1. The second kappa shape index (κ2) is 12.5. The number of hydrogen-bond donors (Lipinski definition) is 1. The Hall–Kier alpha value is -4.16. The molecule has 0 radical (unpaired) electrons. The third-order valence-corrected chi connectivity index (χ3v) is 5.77. The van der Waals surface area contributed by atoms with E-state index in [0.717, 1.165) is 17.5 Å². The van der Waals surface area contributed by atoms with Crippen molar-refractivity contribution in [2.75, 3.05) is 11.9 Å². The number of anilines is 1. The molecule has 8 nitrogen and oxygen atoms in total. The summed E-state index contributed by atoms with van der Waals surface area (Å²) >= 11 is 3.49. The van der Waals surface area contributed by atoms with Gasteiger partial charge in [-0.2, -0.15) is 5.26 Å². The number of nitro benzene ring substituents is 1. The van der Waals surface area contributed by atoms with Gasteiger partial charge < -0.3 is 14.8 Å². The van der Waals surface area contributed by atoms with Gasteiger partial charge in [-0.05, 0) is 82.4 Å². The number of nitrogens with one attached hydrogen (secondary N) is 1. The average Bonchev–Trinajstić information content (AvgIpc) is 2.87. The molecular weight excluding hydrogens is 526 g/mol. The third kappa shape index (κ3) is 6.71. The lowest BCUT2D eigenvalue weighted by atomic mass is 10.1. The predicted molar refractivity (Wildman–Crippen MR) is 141 cm³/mol. The molecule has 36 heavy (non-hydrogen) atoms. The van der Waals surface area contributed by atoms with Crippen LogP contribution >= 0.6 is 15.9 Å². The summed E-state index contributed by atoms with van der Waals surface area (Å²) in [6.45, 7) is 4.35. The van der Waals surface area contributed by atoms with E-state index in [1.807, 2.05) is 38.1 Å². The molecule has 0 fully saturated rings. The van der Waals surface area contributed by atoms with Gasteiger partial charge in [0.15, 0.2) is 11.5 Å². The minimum absolute atomic E-state index is 0.00147. The van der Waals surface area contributed by atoms with E-state index in [1.54, 1.807) is 30.3 Å². The van der Waals surface area contributed by atoms with Crippen molar-refractivity contribution in [1.29, 1.82) is 5.26 Å². The Kier molecular flexibility index (Phi) is 9.19. The SMILES string of the molecule is CCOc1cc(/C=C(\C#N)C(=O)Nc2ccccc2CC)cc(Br)c1OCc1ccc([N+](=O)[O-])cc1. The molecular formula is C27H24BrN3O5. The van der Waals surface area contributed by atoms with Crippen molar-refractivity contribution in [3.63, 3.8) is 0 Å². The number of nitro groups is 1. The van der Waals surface area contributed by atoms with Gasteiger partial charge in [-0.1, -0.05) is 25.1 Å². The summed E-state index contributed by atoms with van der Waals surface area (Å²) in [5.41, 5.74) is 2.89.